The molecule has 0 radical (unpaired) electrons. The molecule has 4 heterocycles. The average Bonchev–Trinajstić information content (AvgIpc) is 3.27. The number of nitrogens with one attached hydrogen (secondary N) is 2. The molecule has 9 nitrogen and oxygen atoms in total. The Kier molecular flexibility index (Phi) is 7.09. The van der Waals surface area contributed by atoms with Crippen molar-refractivity contribution in [3.8, 4) is 0 Å². The number of pyridine rings is 2. The summed E-state index contributed by atoms with van der Waals surface area (Å²) < 4.78 is 23.2. The summed E-state index contributed by atoms with van der Waals surface area (Å²) in [6.07, 6.45) is 4.98. The maximum absolute atomic E-state index is 14.5. The van der Waals surface area contributed by atoms with Gasteiger partial charge in [-0.2, -0.15) is 5.10 Å². The highest BCUT2D eigenvalue weighted by molar-refractivity contribution is 5.95. The number of carbonyl (C=O) groups excluding carboxylic acids is 1. The van der Waals surface area contributed by atoms with E-state index in [0.29, 0.717) is 43.2 Å². The Labute approximate surface area is 212 Å². The molecule has 37 heavy (non-hydrogen) atoms. The summed E-state index contributed by atoms with van der Waals surface area (Å²) in [7, 11) is 1.63. The minimum Gasteiger partial charge on any atom is -0.386 e. The summed E-state index contributed by atoms with van der Waals surface area (Å²) in [4.78, 5) is 29.1. The molecule has 190 valence electrons. The summed E-state index contributed by atoms with van der Waals surface area (Å²) in [6.45, 7) is 1.93. The number of anilines is 1. The van der Waals surface area contributed by atoms with Crippen LogP contribution in [0.1, 0.15) is 38.8 Å². The molecular weight excluding hydrogens is 475 g/mol. The second-order valence-electron chi connectivity index (χ2n) is 8.90. The van der Waals surface area contributed by atoms with Gasteiger partial charge in [0.15, 0.2) is 5.82 Å². The third kappa shape index (κ3) is 5.44. The summed E-state index contributed by atoms with van der Waals surface area (Å²) >= 11 is 0. The molecule has 0 aliphatic carbocycles. The predicted molar refractivity (Wildman–Crippen MR) is 136 cm³/mol. The van der Waals surface area contributed by atoms with E-state index in [-0.39, 0.29) is 29.6 Å². The Hall–Kier alpha value is -4.31. The molecule has 1 fully saturated rings. The van der Waals surface area contributed by atoms with Crippen molar-refractivity contribution in [1.82, 2.24) is 24.6 Å². The van der Waals surface area contributed by atoms with Gasteiger partial charge in [-0.1, -0.05) is 30.3 Å². The lowest BCUT2D eigenvalue weighted by Gasteiger charge is -2.25. The van der Waals surface area contributed by atoms with E-state index in [1.807, 2.05) is 30.3 Å². The van der Waals surface area contributed by atoms with Gasteiger partial charge in [0.25, 0.3) is 11.5 Å². The van der Waals surface area contributed by atoms with Crippen LogP contribution in [0.15, 0.2) is 71.9 Å². The first kappa shape index (κ1) is 24.4. The quantitative estimate of drug-likeness (QED) is 0.365. The Bertz CT molecular complexity index is 1460. The molecule has 0 atom stereocenters. The van der Waals surface area contributed by atoms with E-state index in [0.717, 1.165) is 11.1 Å². The molecular formula is C27H27FN6O3. The van der Waals surface area contributed by atoms with E-state index in [9.17, 15) is 14.0 Å². The number of halogens is 1. The maximum atomic E-state index is 14.5. The maximum Gasteiger partial charge on any atom is 0.255 e. The molecule has 0 spiro atoms. The fourth-order valence-electron chi connectivity index (χ4n) is 4.18. The number of hydrogen-bond acceptors (Lipinski definition) is 6. The third-order valence-corrected chi connectivity index (χ3v) is 6.33. The molecule has 1 saturated heterocycles. The largest absolute Gasteiger partial charge is 0.386 e. The fourth-order valence-corrected chi connectivity index (χ4v) is 4.18. The Morgan fingerprint density at radius 2 is 1.86 bits per heavy atom. The minimum absolute atomic E-state index is 0.0380. The van der Waals surface area contributed by atoms with Gasteiger partial charge < -0.3 is 19.9 Å². The molecule has 0 saturated carbocycles. The second kappa shape index (κ2) is 10.8. The first-order valence-corrected chi connectivity index (χ1v) is 12.0. The van der Waals surface area contributed by atoms with Crippen LogP contribution in [0, 0.1) is 5.82 Å². The van der Waals surface area contributed by atoms with Crippen LogP contribution >= 0.6 is 0 Å². The molecule has 1 amide bonds. The summed E-state index contributed by atoms with van der Waals surface area (Å²) in [5.41, 5.74) is 3.55. The van der Waals surface area contributed by atoms with Crippen LogP contribution in [0.5, 0.6) is 0 Å². The molecule has 10 heteroatoms. The number of carbonyl (C=O) groups is 1. The highest BCUT2D eigenvalue weighted by Crippen LogP contribution is 2.26. The minimum atomic E-state index is -0.491. The van der Waals surface area contributed by atoms with Crippen molar-refractivity contribution < 1.29 is 13.9 Å². The van der Waals surface area contributed by atoms with Crippen LogP contribution < -0.4 is 16.2 Å². The number of hydrogen-bond donors (Lipinski definition) is 2. The number of ether oxygens (including phenoxy) is 1. The van der Waals surface area contributed by atoms with Gasteiger partial charge in [-0.3, -0.25) is 19.3 Å². The van der Waals surface area contributed by atoms with E-state index in [1.54, 1.807) is 34.8 Å². The smallest absolute Gasteiger partial charge is 0.255 e. The number of amides is 1. The SMILES string of the molecule is CNc1ccnc(CNC(=O)c2cn(Cc3ccc(Cn4ccccc4=O)cc3)nc2C2COC2)c1F. The van der Waals surface area contributed by atoms with Crippen molar-refractivity contribution in [2.75, 3.05) is 25.6 Å². The monoisotopic (exact) mass is 502 g/mol. The van der Waals surface area contributed by atoms with Gasteiger partial charge >= 0.3 is 0 Å². The van der Waals surface area contributed by atoms with Crippen molar-refractivity contribution in [3.63, 3.8) is 0 Å². The van der Waals surface area contributed by atoms with Gasteiger partial charge in [0, 0.05) is 31.7 Å². The van der Waals surface area contributed by atoms with Crippen molar-refractivity contribution in [3.05, 3.63) is 111 Å². The first-order chi connectivity index (χ1) is 18.0. The van der Waals surface area contributed by atoms with Crippen LogP contribution in [-0.2, 0) is 24.4 Å². The van der Waals surface area contributed by atoms with Gasteiger partial charge in [0.2, 0.25) is 0 Å². The van der Waals surface area contributed by atoms with E-state index < -0.39 is 5.82 Å². The number of rotatable bonds is 9. The molecule has 1 aliphatic rings. The van der Waals surface area contributed by atoms with Crippen LogP contribution in [0.25, 0.3) is 0 Å². The lowest BCUT2D eigenvalue weighted by atomic mass is 10.00. The number of nitrogens with zero attached hydrogens (tertiary/aromatic N) is 4. The average molecular weight is 503 g/mol. The van der Waals surface area contributed by atoms with Gasteiger partial charge in [0.05, 0.1) is 61.4 Å². The van der Waals surface area contributed by atoms with Crippen LogP contribution in [0.3, 0.4) is 0 Å². The molecule has 1 aliphatic heterocycles. The lowest BCUT2D eigenvalue weighted by molar-refractivity contribution is 0.00620. The highest BCUT2D eigenvalue weighted by Gasteiger charge is 2.29. The molecule has 5 rings (SSSR count). The Morgan fingerprint density at radius 3 is 2.54 bits per heavy atom. The highest BCUT2D eigenvalue weighted by atomic mass is 19.1. The first-order valence-electron chi connectivity index (χ1n) is 12.0. The van der Waals surface area contributed by atoms with Crippen molar-refractivity contribution >= 4 is 11.6 Å². The van der Waals surface area contributed by atoms with Gasteiger partial charge in [-0.25, -0.2) is 4.39 Å². The topological polar surface area (TPSA) is 103 Å². The van der Waals surface area contributed by atoms with Gasteiger partial charge in [-0.15, -0.1) is 0 Å². The van der Waals surface area contributed by atoms with Crippen LogP contribution in [0.4, 0.5) is 10.1 Å². The zero-order valence-corrected chi connectivity index (χ0v) is 20.4. The molecule has 1 aromatic carbocycles. The molecule has 4 aromatic rings. The third-order valence-electron chi connectivity index (χ3n) is 6.33. The van der Waals surface area contributed by atoms with Gasteiger partial charge in [-0.05, 0) is 23.3 Å². The van der Waals surface area contributed by atoms with E-state index in [2.05, 4.69) is 20.7 Å². The van der Waals surface area contributed by atoms with E-state index >= 15 is 0 Å². The van der Waals surface area contributed by atoms with E-state index in [1.165, 1.54) is 18.3 Å². The normalized spacial score (nSPS) is 13.2. The Morgan fingerprint density at radius 1 is 1.11 bits per heavy atom. The predicted octanol–water partition coefficient (Wildman–Crippen LogP) is 2.76. The number of aromatic nitrogens is 4. The van der Waals surface area contributed by atoms with Crippen molar-refractivity contribution in [1.29, 1.82) is 0 Å². The molecule has 0 bridgehead atoms. The summed E-state index contributed by atoms with van der Waals surface area (Å²) in [5.74, 6) is -0.793. The van der Waals surface area contributed by atoms with E-state index in [4.69, 9.17) is 4.74 Å². The Balaban J connectivity index is 1.29. The van der Waals surface area contributed by atoms with Crippen molar-refractivity contribution in [2.45, 2.75) is 25.6 Å². The number of benzene rings is 1. The van der Waals surface area contributed by atoms with Crippen LogP contribution in [0.2, 0.25) is 0 Å². The summed E-state index contributed by atoms with van der Waals surface area (Å²) in [5, 5.41) is 10.2. The fraction of sp³-hybridized carbons (Fsp3) is 0.259. The lowest BCUT2D eigenvalue weighted by Crippen LogP contribution is -2.30. The summed E-state index contributed by atoms with van der Waals surface area (Å²) in [6, 6.07) is 14.6. The van der Waals surface area contributed by atoms with Crippen molar-refractivity contribution in [2.24, 2.45) is 0 Å². The van der Waals surface area contributed by atoms with Gasteiger partial charge in [0.1, 0.15) is 0 Å². The van der Waals surface area contributed by atoms with Crippen LogP contribution in [-0.4, -0.2) is 45.5 Å². The molecule has 0 unspecified atom stereocenters. The zero-order chi connectivity index (χ0) is 25.8. The zero-order valence-electron chi connectivity index (χ0n) is 20.4. The standard InChI is InChI=1S/C27H27FN6O3/c1-29-22-9-10-30-23(25(22)28)12-31-27(36)21-15-34(32-26(21)20-16-37-17-20)14-19-7-5-18(6-8-19)13-33-11-3-2-4-24(33)35/h2-11,15,20H,12-14,16-17H2,1H3,(H,29,30)(H,31,36). The molecule has 3 aromatic heterocycles. The molecule has 2 N–H and O–H groups in total. The second-order valence-corrected chi connectivity index (χ2v) is 8.90.